The molecule has 1 heterocycles. The zero-order valence-corrected chi connectivity index (χ0v) is 15.1. The minimum atomic E-state index is -0.106. The lowest BCUT2D eigenvalue weighted by Gasteiger charge is -2.08. The second-order valence-corrected chi connectivity index (χ2v) is 5.62. The van der Waals surface area contributed by atoms with Crippen LogP contribution in [0.5, 0.6) is 11.5 Å². The molecule has 0 aliphatic carbocycles. The lowest BCUT2D eigenvalue weighted by atomic mass is 10.1. The molecule has 5 N–H and O–H groups in total. The fourth-order valence-corrected chi connectivity index (χ4v) is 2.63. The summed E-state index contributed by atoms with van der Waals surface area (Å²) in [5, 5.41) is 11.0. The summed E-state index contributed by atoms with van der Waals surface area (Å²) >= 11 is 0. The first kappa shape index (κ1) is 18.0. The van der Waals surface area contributed by atoms with Crippen molar-refractivity contribution in [3.05, 3.63) is 60.3 Å². The van der Waals surface area contributed by atoms with Crippen LogP contribution in [0.25, 0.3) is 16.9 Å². The van der Waals surface area contributed by atoms with Gasteiger partial charge in [0.25, 0.3) is 0 Å². The molecule has 27 heavy (non-hydrogen) atoms. The van der Waals surface area contributed by atoms with Crippen molar-refractivity contribution >= 4 is 12.2 Å². The van der Waals surface area contributed by atoms with Gasteiger partial charge in [0.05, 0.1) is 26.0 Å². The number of methoxy groups -OCH3 is 2. The van der Waals surface area contributed by atoms with E-state index < -0.39 is 0 Å². The fourth-order valence-electron chi connectivity index (χ4n) is 2.63. The summed E-state index contributed by atoms with van der Waals surface area (Å²) in [5.41, 5.74) is 14.2. The highest BCUT2D eigenvalue weighted by atomic mass is 16.5. The Balaban J connectivity index is 2.11. The van der Waals surface area contributed by atoms with Crippen molar-refractivity contribution in [2.75, 3.05) is 14.2 Å². The van der Waals surface area contributed by atoms with E-state index in [-0.39, 0.29) is 5.96 Å². The zero-order chi connectivity index (χ0) is 19.2. The number of hydrogen-bond donors (Lipinski definition) is 3. The first-order chi connectivity index (χ1) is 13.1. The zero-order valence-electron chi connectivity index (χ0n) is 15.1. The minimum Gasteiger partial charge on any atom is -0.493 e. The third-order valence-corrected chi connectivity index (χ3v) is 3.87. The maximum atomic E-state index is 5.41. The van der Waals surface area contributed by atoms with Gasteiger partial charge in [-0.05, 0) is 18.2 Å². The van der Waals surface area contributed by atoms with Gasteiger partial charge in [0, 0.05) is 17.7 Å². The van der Waals surface area contributed by atoms with Crippen molar-refractivity contribution in [1.82, 2.24) is 5.10 Å². The number of nitrogens with one attached hydrogen (secondary N) is 1. The number of rotatable bonds is 6. The number of aromatic nitrogens is 2. The predicted molar refractivity (Wildman–Crippen MR) is 104 cm³/mol. The third-order valence-electron chi connectivity index (χ3n) is 3.87. The van der Waals surface area contributed by atoms with Gasteiger partial charge in [-0.1, -0.05) is 22.9 Å². The smallest absolute Gasteiger partial charge is 0.235 e. The number of nitrogens with zero attached hydrogens (tertiary/aromatic N) is 3. The topological polar surface area (TPSA) is 115 Å². The van der Waals surface area contributed by atoms with Gasteiger partial charge >= 0.3 is 0 Å². The van der Waals surface area contributed by atoms with Gasteiger partial charge in [0.2, 0.25) is 17.8 Å². The van der Waals surface area contributed by atoms with Crippen molar-refractivity contribution in [2.45, 2.75) is 0 Å². The molecule has 0 bridgehead atoms. The molecule has 0 spiro atoms. The normalized spacial score (nSPS) is 10.7. The van der Waals surface area contributed by atoms with Crippen molar-refractivity contribution in [1.29, 1.82) is 0 Å². The van der Waals surface area contributed by atoms with Crippen LogP contribution in [-0.4, -0.2) is 31.5 Å². The van der Waals surface area contributed by atoms with E-state index in [9.17, 15) is 0 Å². The summed E-state index contributed by atoms with van der Waals surface area (Å²) in [6.07, 6.45) is 3.49. The van der Waals surface area contributed by atoms with Crippen LogP contribution in [0.3, 0.4) is 0 Å². The summed E-state index contributed by atoms with van der Waals surface area (Å²) in [6.45, 7) is 0. The summed E-state index contributed by atoms with van der Waals surface area (Å²) in [6, 6.07) is 15.5. The molecule has 0 saturated heterocycles. The number of nitrogens with two attached hydrogens (primary N) is 2. The number of hydrogen-bond acceptors (Lipinski definition) is 4. The Morgan fingerprint density at radius 1 is 1.04 bits per heavy atom. The fraction of sp³-hybridized carbons (Fsp3) is 0.105. The van der Waals surface area contributed by atoms with Gasteiger partial charge in [-0.15, -0.1) is 5.10 Å². The molecule has 0 aliphatic heterocycles. The second kappa shape index (κ2) is 8.05. The van der Waals surface area contributed by atoms with E-state index in [0.29, 0.717) is 11.5 Å². The summed E-state index contributed by atoms with van der Waals surface area (Å²) in [5.74, 6) is 1.17. The Kier molecular flexibility index (Phi) is 5.36. The molecule has 0 aliphatic rings. The molecular weight excluding hydrogens is 344 g/mol. The van der Waals surface area contributed by atoms with Gasteiger partial charge < -0.3 is 20.9 Å². The predicted octanol–water partition coefficient (Wildman–Crippen LogP) is 1.58. The van der Waals surface area contributed by atoms with E-state index in [4.69, 9.17) is 20.9 Å². The van der Waals surface area contributed by atoms with Gasteiger partial charge in [-0.3, -0.25) is 0 Å². The van der Waals surface area contributed by atoms with Gasteiger partial charge in [0.15, 0.2) is 11.5 Å². The molecule has 8 nitrogen and oxygen atoms in total. The highest BCUT2D eigenvalue weighted by molar-refractivity contribution is 5.89. The first-order valence-electron chi connectivity index (χ1n) is 8.17. The van der Waals surface area contributed by atoms with Crippen LogP contribution >= 0.6 is 0 Å². The molecule has 0 radical (unpaired) electrons. The van der Waals surface area contributed by atoms with Gasteiger partial charge in [-0.25, -0.2) is 0 Å². The largest absolute Gasteiger partial charge is 0.493 e. The number of guanidine groups is 1. The Hall–Kier alpha value is -3.81. The number of H-pyrrole nitrogens is 1. The van der Waals surface area contributed by atoms with Crippen LogP contribution in [0.4, 0.5) is 0 Å². The van der Waals surface area contributed by atoms with Crippen LogP contribution in [0.15, 0.2) is 64.9 Å². The maximum Gasteiger partial charge on any atom is 0.235 e. The van der Waals surface area contributed by atoms with E-state index in [0.717, 1.165) is 22.5 Å². The standard InChI is InChI=1S/C19H20N6O2/c1-26-16-9-8-13(10-17(16)27-2)18-14(11-22-23-19(20)21)12-25(24-18)15-6-4-3-5-7-15/h3-12H,1-2H3,(H4,20,21,23)/p+1/b22-11+. The molecule has 0 saturated carbocycles. The van der Waals surface area contributed by atoms with Crippen LogP contribution < -0.4 is 25.6 Å². The quantitative estimate of drug-likeness (QED) is 0.266. The lowest BCUT2D eigenvalue weighted by Crippen LogP contribution is -2.31. The number of aromatic amines is 1. The van der Waals surface area contributed by atoms with Crippen LogP contribution in [0.1, 0.15) is 5.56 Å². The van der Waals surface area contributed by atoms with Crippen LogP contribution in [0.2, 0.25) is 0 Å². The summed E-state index contributed by atoms with van der Waals surface area (Å²) in [4.78, 5) is 0. The highest BCUT2D eigenvalue weighted by Crippen LogP contribution is 2.32. The van der Waals surface area contributed by atoms with E-state index >= 15 is 0 Å². The average molecular weight is 365 g/mol. The highest BCUT2D eigenvalue weighted by Gasteiger charge is 2.18. The summed E-state index contributed by atoms with van der Waals surface area (Å²) in [7, 11) is 3.20. The van der Waals surface area contributed by atoms with E-state index in [1.54, 1.807) is 20.4 Å². The SMILES string of the molecule is COc1ccc(-c2[nH][n+](-c3ccccc3)cc2/C=N/N=C(N)N)cc1OC. The van der Waals surface area contributed by atoms with E-state index in [1.807, 2.05) is 59.4 Å². The number of ether oxygens (including phenoxy) is 2. The van der Waals surface area contributed by atoms with Crippen LogP contribution in [-0.2, 0) is 0 Å². The Morgan fingerprint density at radius 3 is 2.44 bits per heavy atom. The van der Waals surface area contributed by atoms with Crippen molar-refractivity contribution in [3.8, 4) is 28.4 Å². The van der Waals surface area contributed by atoms with E-state index in [2.05, 4.69) is 15.3 Å². The molecule has 0 fully saturated rings. The Labute approximate surface area is 156 Å². The van der Waals surface area contributed by atoms with Crippen LogP contribution in [0, 0.1) is 0 Å². The average Bonchev–Trinajstić information content (AvgIpc) is 3.12. The van der Waals surface area contributed by atoms with Crippen molar-refractivity contribution in [2.24, 2.45) is 21.7 Å². The van der Waals surface area contributed by atoms with E-state index in [1.165, 1.54) is 0 Å². The van der Waals surface area contributed by atoms with Gasteiger partial charge in [-0.2, -0.15) is 10.2 Å². The Bertz CT molecular complexity index is 975. The first-order valence-corrected chi connectivity index (χ1v) is 8.17. The molecular formula is C19H21N6O2+. The molecule has 0 unspecified atom stereocenters. The molecule has 138 valence electrons. The molecule has 8 heteroatoms. The molecule has 2 aromatic carbocycles. The lowest BCUT2D eigenvalue weighted by molar-refractivity contribution is -0.654. The second-order valence-electron chi connectivity index (χ2n) is 5.62. The minimum absolute atomic E-state index is 0.106. The van der Waals surface area contributed by atoms with Crippen molar-refractivity contribution < 1.29 is 14.2 Å². The molecule has 0 atom stereocenters. The molecule has 0 amide bonds. The monoisotopic (exact) mass is 365 g/mol. The number of para-hydroxylation sites is 1. The van der Waals surface area contributed by atoms with Crippen molar-refractivity contribution in [3.63, 3.8) is 0 Å². The number of benzene rings is 2. The molecule has 3 aromatic rings. The van der Waals surface area contributed by atoms with Gasteiger partial charge in [0.1, 0.15) is 5.69 Å². The molecule has 1 aromatic heterocycles. The maximum absolute atomic E-state index is 5.41. The molecule has 3 rings (SSSR count). The Morgan fingerprint density at radius 2 is 1.78 bits per heavy atom. The third kappa shape index (κ3) is 4.06. The summed E-state index contributed by atoms with van der Waals surface area (Å²) < 4.78 is 12.6.